The highest BCUT2D eigenvalue weighted by Gasteiger charge is 2.30. The van der Waals surface area contributed by atoms with E-state index in [1.54, 1.807) is 26.8 Å². The van der Waals surface area contributed by atoms with Gasteiger partial charge >= 0.3 is 11.9 Å². The molecular weight excluding hydrogens is 524 g/mol. The Kier molecular flexibility index (Phi) is 10.3. The molecule has 1 heterocycles. The lowest BCUT2D eigenvalue weighted by Gasteiger charge is -2.21. The van der Waals surface area contributed by atoms with Crippen LogP contribution in [0.3, 0.4) is 0 Å². The Hall–Kier alpha value is -3.60. The largest absolute Gasteiger partial charge is 0.497 e. The van der Waals surface area contributed by atoms with Crippen molar-refractivity contribution in [3.05, 3.63) is 39.8 Å². The van der Waals surface area contributed by atoms with Gasteiger partial charge in [-0.3, -0.25) is 9.59 Å². The van der Waals surface area contributed by atoms with Crippen molar-refractivity contribution in [2.24, 2.45) is 11.8 Å². The van der Waals surface area contributed by atoms with Gasteiger partial charge in [-0.1, -0.05) is 20.8 Å². The molecule has 39 heavy (non-hydrogen) atoms. The van der Waals surface area contributed by atoms with Gasteiger partial charge in [-0.2, -0.15) is 0 Å². The first-order valence-corrected chi connectivity index (χ1v) is 13.7. The molecule has 3 rings (SSSR count). The van der Waals surface area contributed by atoms with Crippen LogP contribution in [0.25, 0.3) is 0 Å². The normalized spacial score (nSPS) is 15.1. The van der Waals surface area contributed by atoms with Crippen molar-refractivity contribution in [3.8, 4) is 11.5 Å². The van der Waals surface area contributed by atoms with Crippen LogP contribution in [-0.4, -0.2) is 57.2 Å². The predicted octanol–water partition coefficient (Wildman–Crippen LogP) is 4.00. The van der Waals surface area contributed by atoms with Gasteiger partial charge < -0.3 is 29.6 Å². The lowest BCUT2D eigenvalue weighted by molar-refractivity contribution is -0.150. The topological polar surface area (TPSA) is 129 Å². The van der Waals surface area contributed by atoms with E-state index in [1.807, 2.05) is 0 Å². The Morgan fingerprint density at radius 3 is 2.31 bits per heavy atom. The fraction of sp³-hybridized carbons (Fsp3) is 0.500. The van der Waals surface area contributed by atoms with E-state index in [0.29, 0.717) is 28.0 Å². The van der Waals surface area contributed by atoms with Crippen molar-refractivity contribution in [1.82, 2.24) is 5.32 Å². The highest BCUT2D eigenvalue weighted by atomic mass is 32.1. The number of anilines is 1. The third kappa shape index (κ3) is 7.50. The number of hydrogen-bond donors (Lipinski definition) is 2. The van der Waals surface area contributed by atoms with E-state index in [4.69, 9.17) is 18.9 Å². The molecule has 212 valence electrons. The Labute approximate surface area is 232 Å². The second kappa shape index (κ2) is 13.5. The molecule has 0 spiro atoms. The van der Waals surface area contributed by atoms with Crippen molar-refractivity contribution in [1.29, 1.82) is 0 Å². The first-order chi connectivity index (χ1) is 18.6. The summed E-state index contributed by atoms with van der Waals surface area (Å²) in [6.45, 7) is 7.02. The van der Waals surface area contributed by atoms with Gasteiger partial charge in [0.15, 0.2) is 6.61 Å². The van der Waals surface area contributed by atoms with E-state index in [0.717, 1.165) is 29.7 Å². The van der Waals surface area contributed by atoms with Gasteiger partial charge in [-0.05, 0) is 55.7 Å². The summed E-state index contributed by atoms with van der Waals surface area (Å²) in [5.41, 5.74) is 1.54. The highest BCUT2D eigenvalue weighted by Crippen LogP contribution is 2.40. The van der Waals surface area contributed by atoms with Crippen molar-refractivity contribution < 1.29 is 38.1 Å². The number of fused-ring (bicyclic) bond motifs is 1. The van der Waals surface area contributed by atoms with Crippen LogP contribution in [0.2, 0.25) is 0 Å². The molecule has 1 aromatic carbocycles. The summed E-state index contributed by atoms with van der Waals surface area (Å²) in [5.74, 6) is -1.34. The molecule has 0 bridgehead atoms. The highest BCUT2D eigenvalue weighted by molar-refractivity contribution is 7.17. The number of carbonyl (C=O) groups excluding carboxylic acids is 4. The van der Waals surface area contributed by atoms with Gasteiger partial charge in [0.2, 0.25) is 0 Å². The lowest BCUT2D eigenvalue weighted by atomic mass is 9.88. The maximum atomic E-state index is 12.9. The first kappa shape index (κ1) is 29.9. The van der Waals surface area contributed by atoms with Gasteiger partial charge in [0.25, 0.3) is 11.8 Å². The smallest absolute Gasteiger partial charge is 0.341 e. The number of carbonyl (C=O) groups is 4. The molecule has 11 heteroatoms. The lowest BCUT2D eigenvalue weighted by Crippen LogP contribution is -2.46. The fourth-order valence-electron chi connectivity index (χ4n) is 4.31. The van der Waals surface area contributed by atoms with Gasteiger partial charge in [-0.15, -0.1) is 11.3 Å². The van der Waals surface area contributed by atoms with Gasteiger partial charge in [0.1, 0.15) is 22.5 Å². The third-order valence-corrected chi connectivity index (χ3v) is 7.58. The van der Waals surface area contributed by atoms with Crippen LogP contribution in [0.4, 0.5) is 5.00 Å². The second-order valence-electron chi connectivity index (χ2n) is 9.73. The Bertz CT molecular complexity index is 1200. The van der Waals surface area contributed by atoms with Gasteiger partial charge in [-0.25, -0.2) is 9.59 Å². The Balaban J connectivity index is 1.67. The molecule has 0 saturated heterocycles. The molecule has 2 amide bonds. The monoisotopic (exact) mass is 560 g/mol. The zero-order valence-electron chi connectivity index (χ0n) is 23.2. The van der Waals surface area contributed by atoms with Crippen LogP contribution in [0.15, 0.2) is 18.2 Å². The number of ether oxygens (including phenoxy) is 4. The summed E-state index contributed by atoms with van der Waals surface area (Å²) < 4.78 is 20.9. The molecule has 2 aromatic rings. The molecule has 0 saturated carbocycles. The minimum Gasteiger partial charge on any atom is -0.497 e. The van der Waals surface area contributed by atoms with Crippen molar-refractivity contribution in [2.75, 3.05) is 32.8 Å². The first-order valence-electron chi connectivity index (χ1n) is 12.9. The molecule has 0 fully saturated rings. The van der Waals surface area contributed by atoms with E-state index in [2.05, 4.69) is 17.6 Å². The van der Waals surface area contributed by atoms with Gasteiger partial charge in [0, 0.05) is 16.5 Å². The molecule has 2 N–H and O–H groups in total. The number of esters is 2. The van der Waals surface area contributed by atoms with E-state index >= 15 is 0 Å². The molecule has 0 radical (unpaired) electrons. The Morgan fingerprint density at radius 2 is 1.72 bits per heavy atom. The Morgan fingerprint density at radius 1 is 1.05 bits per heavy atom. The van der Waals surface area contributed by atoms with Crippen LogP contribution in [0.1, 0.15) is 65.3 Å². The van der Waals surface area contributed by atoms with Crippen molar-refractivity contribution in [2.45, 2.75) is 53.0 Å². The molecule has 0 aliphatic heterocycles. The summed E-state index contributed by atoms with van der Waals surface area (Å²) in [6.07, 6.45) is 2.51. The number of thiophene rings is 1. The SMILES string of the molecule is CCOC(=O)c1c(NC(=O)COC(=O)[C@@H](NC(=O)c2cc(OC)cc(OC)c2)C(C)C)sc2c1CC[C@H](C)C2. The molecule has 0 unspecified atom stereocenters. The number of hydrogen-bond acceptors (Lipinski definition) is 9. The molecule has 1 aliphatic rings. The molecular formula is C28H36N2O8S. The summed E-state index contributed by atoms with van der Waals surface area (Å²) in [5, 5.41) is 5.79. The number of amides is 2. The number of methoxy groups -OCH3 is 2. The number of nitrogens with one attached hydrogen (secondary N) is 2. The minimum absolute atomic E-state index is 0.218. The maximum Gasteiger partial charge on any atom is 0.341 e. The second-order valence-corrected chi connectivity index (χ2v) is 10.8. The molecule has 1 aromatic heterocycles. The average Bonchev–Trinajstić information content (AvgIpc) is 3.26. The quantitative estimate of drug-likeness (QED) is 0.395. The van der Waals surface area contributed by atoms with Gasteiger partial charge in [0.05, 0.1) is 26.4 Å². The van der Waals surface area contributed by atoms with E-state index < -0.39 is 36.4 Å². The van der Waals surface area contributed by atoms with E-state index in [9.17, 15) is 19.2 Å². The zero-order chi connectivity index (χ0) is 28.7. The summed E-state index contributed by atoms with van der Waals surface area (Å²) in [4.78, 5) is 52.3. The van der Waals surface area contributed by atoms with E-state index in [-0.39, 0.29) is 18.1 Å². The van der Waals surface area contributed by atoms with Crippen LogP contribution in [0.5, 0.6) is 11.5 Å². The van der Waals surface area contributed by atoms with Crippen LogP contribution >= 0.6 is 11.3 Å². The molecule has 10 nitrogen and oxygen atoms in total. The standard InChI is InChI=1S/C28H36N2O8S/c1-7-37-27(33)23-20-9-8-16(4)10-21(20)39-26(23)29-22(31)14-38-28(34)24(15(2)3)30-25(32)17-11-18(35-5)13-19(12-17)36-6/h11-13,15-16,24H,7-10,14H2,1-6H3,(H,29,31)(H,30,32)/t16-,24-/m0/s1. The van der Waals surface area contributed by atoms with Crippen molar-refractivity contribution >= 4 is 40.1 Å². The van der Waals surface area contributed by atoms with Crippen LogP contribution in [-0.2, 0) is 31.9 Å². The van der Waals surface area contributed by atoms with Crippen LogP contribution in [0, 0.1) is 11.8 Å². The summed E-state index contributed by atoms with van der Waals surface area (Å²) in [7, 11) is 2.94. The number of benzene rings is 1. The predicted molar refractivity (Wildman–Crippen MR) is 147 cm³/mol. The van der Waals surface area contributed by atoms with Crippen molar-refractivity contribution in [3.63, 3.8) is 0 Å². The van der Waals surface area contributed by atoms with E-state index in [1.165, 1.54) is 37.7 Å². The average molecular weight is 561 g/mol. The third-order valence-electron chi connectivity index (χ3n) is 6.41. The maximum absolute atomic E-state index is 12.9. The zero-order valence-corrected chi connectivity index (χ0v) is 24.0. The number of rotatable bonds is 11. The minimum atomic E-state index is -1.01. The molecule has 1 aliphatic carbocycles. The summed E-state index contributed by atoms with van der Waals surface area (Å²) in [6, 6.07) is 3.67. The fourth-order valence-corrected chi connectivity index (χ4v) is 5.72. The summed E-state index contributed by atoms with van der Waals surface area (Å²) >= 11 is 1.35. The van der Waals surface area contributed by atoms with Crippen LogP contribution < -0.4 is 20.1 Å². The molecule has 2 atom stereocenters.